The Kier molecular flexibility index (Phi) is 11.9. The number of hydrogen-bond donors (Lipinski definition) is 1. The maximum Gasteiger partial charge on any atom is 0.178 e. The number of methoxy groups -OCH3 is 1. The highest BCUT2D eigenvalue weighted by molar-refractivity contribution is 7.91. The fraction of sp³-hybridized carbons (Fsp3) is 0.722. The molecule has 258 valence electrons. The molecule has 0 saturated carbocycles. The number of hydrogen-bond acceptors (Lipinski definition) is 9. The van der Waals surface area contributed by atoms with Crippen molar-refractivity contribution in [3.63, 3.8) is 0 Å². The minimum absolute atomic E-state index is 0.00639. The van der Waals surface area contributed by atoms with E-state index in [2.05, 4.69) is 20.1 Å². The van der Waals surface area contributed by atoms with Gasteiger partial charge in [-0.2, -0.15) is 0 Å². The third-order valence-corrected chi connectivity index (χ3v) is 12.0. The molecule has 0 spiro atoms. The van der Waals surface area contributed by atoms with Crippen LogP contribution in [-0.4, -0.2) is 94.2 Å². The summed E-state index contributed by atoms with van der Waals surface area (Å²) in [5, 5.41) is 9.20. The van der Waals surface area contributed by atoms with E-state index >= 15 is 0 Å². The van der Waals surface area contributed by atoms with E-state index in [1.165, 1.54) is 0 Å². The van der Waals surface area contributed by atoms with Crippen LogP contribution in [0, 0.1) is 11.8 Å². The molecule has 0 amide bonds. The molecule has 1 aromatic rings. The van der Waals surface area contributed by atoms with Crippen LogP contribution in [0.3, 0.4) is 0 Å². The lowest BCUT2D eigenvalue weighted by Gasteiger charge is -2.38. The average molecular weight is 663 g/mol. The molecule has 4 aliphatic rings. The zero-order valence-corrected chi connectivity index (χ0v) is 28.8. The standard InChI is InChI=1S/C36H54O9S/c1-23-17-27(14-15-31-24(2)18-26(42-31)11-10-16-37)43-32(25(23)3)20-33-30(22-46(38,39)29-12-8-7-9-13-29)35(40-6)34(44-33)19-28-21-41-36(4,5)45-28/h7-9,12-13,23,26-28,30-35,37H,2-3,10-11,14-22H2,1,4-6H3/t23-,26+,27+,28+,30+,31+,32-,33+,34-,35-/m1/s1. The van der Waals surface area contributed by atoms with E-state index in [0.717, 1.165) is 49.7 Å². The van der Waals surface area contributed by atoms with Gasteiger partial charge in [-0.3, -0.25) is 0 Å². The van der Waals surface area contributed by atoms with Crippen LogP contribution in [0.2, 0.25) is 0 Å². The predicted octanol–water partition coefficient (Wildman–Crippen LogP) is 5.41. The van der Waals surface area contributed by atoms with Crippen molar-refractivity contribution in [1.82, 2.24) is 0 Å². The summed E-state index contributed by atoms with van der Waals surface area (Å²) in [6, 6.07) is 8.58. The van der Waals surface area contributed by atoms with E-state index in [4.69, 9.17) is 28.4 Å². The molecular formula is C36H54O9S. The van der Waals surface area contributed by atoms with Crippen LogP contribution in [0.5, 0.6) is 0 Å². The van der Waals surface area contributed by atoms with Gasteiger partial charge in [0.1, 0.15) is 0 Å². The molecule has 0 aromatic heterocycles. The van der Waals surface area contributed by atoms with Gasteiger partial charge in [0, 0.05) is 32.5 Å². The summed E-state index contributed by atoms with van der Waals surface area (Å²) in [7, 11) is -1.99. The third kappa shape index (κ3) is 8.69. The Bertz CT molecular complexity index is 1280. The van der Waals surface area contributed by atoms with Crippen LogP contribution < -0.4 is 0 Å². The molecule has 4 saturated heterocycles. The second-order valence-electron chi connectivity index (χ2n) is 14.1. The smallest absolute Gasteiger partial charge is 0.178 e. The van der Waals surface area contributed by atoms with Crippen LogP contribution in [0.15, 0.2) is 59.5 Å². The highest BCUT2D eigenvalue weighted by atomic mass is 32.2. The van der Waals surface area contributed by atoms with Crippen molar-refractivity contribution in [3.8, 4) is 0 Å². The van der Waals surface area contributed by atoms with E-state index in [1.54, 1.807) is 31.4 Å². The second-order valence-corrected chi connectivity index (χ2v) is 16.1. The van der Waals surface area contributed by atoms with Crippen molar-refractivity contribution in [1.29, 1.82) is 0 Å². The van der Waals surface area contributed by atoms with Gasteiger partial charge in [0.2, 0.25) is 0 Å². The maximum atomic E-state index is 13.7. The van der Waals surface area contributed by atoms with Crippen LogP contribution in [0.25, 0.3) is 0 Å². The van der Waals surface area contributed by atoms with Crippen LogP contribution in [0.4, 0.5) is 0 Å². The lowest BCUT2D eigenvalue weighted by atomic mass is 9.83. The van der Waals surface area contributed by atoms with Gasteiger partial charge in [-0.15, -0.1) is 0 Å². The molecule has 0 aliphatic carbocycles. The molecule has 10 heteroatoms. The van der Waals surface area contributed by atoms with E-state index < -0.39 is 33.8 Å². The molecule has 10 atom stereocenters. The van der Waals surface area contributed by atoms with Crippen LogP contribution in [0.1, 0.15) is 72.1 Å². The zero-order chi connectivity index (χ0) is 33.1. The number of benzene rings is 1. The minimum Gasteiger partial charge on any atom is -0.396 e. The monoisotopic (exact) mass is 662 g/mol. The number of aliphatic hydroxyl groups excluding tert-OH is 1. The average Bonchev–Trinajstić information content (AvgIpc) is 3.66. The number of rotatable bonds is 14. The van der Waals surface area contributed by atoms with Gasteiger partial charge in [0.05, 0.1) is 66.1 Å². The number of sulfone groups is 1. The predicted molar refractivity (Wildman–Crippen MR) is 175 cm³/mol. The summed E-state index contributed by atoms with van der Waals surface area (Å²) < 4.78 is 65.0. The van der Waals surface area contributed by atoms with Crippen molar-refractivity contribution in [2.45, 2.75) is 132 Å². The summed E-state index contributed by atoms with van der Waals surface area (Å²) in [5.41, 5.74) is 2.13. The summed E-state index contributed by atoms with van der Waals surface area (Å²) in [5.74, 6) is -0.923. The first-order valence-electron chi connectivity index (χ1n) is 16.9. The molecule has 4 fully saturated rings. The first-order chi connectivity index (χ1) is 21.9. The first-order valence-corrected chi connectivity index (χ1v) is 18.6. The van der Waals surface area contributed by atoms with Crippen LogP contribution >= 0.6 is 0 Å². The zero-order valence-electron chi connectivity index (χ0n) is 28.0. The molecule has 4 aliphatic heterocycles. The fourth-order valence-electron chi connectivity index (χ4n) is 7.70. The summed E-state index contributed by atoms with van der Waals surface area (Å²) >= 11 is 0. The topological polar surface area (TPSA) is 110 Å². The maximum absolute atomic E-state index is 13.7. The van der Waals surface area contributed by atoms with E-state index in [0.29, 0.717) is 24.3 Å². The molecule has 4 heterocycles. The molecule has 0 unspecified atom stereocenters. The molecule has 1 N–H and O–H groups in total. The Hall–Kier alpha value is -1.63. The quantitative estimate of drug-likeness (QED) is 0.262. The Morgan fingerprint density at radius 2 is 1.70 bits per heavy atom. The first kappa shape index (κ1) is 35.7. The van der Waals surface area contributed by atoms with Gasteiger partial charge in [-0.25, -0.2) is 8.42 Å². The summed E-state index contributed by atoms with van der Waals surface area (Å²) in [4.78, 5) is 0.294. The normalized spacial score (nSPS) is 36.5. The van der Waals surface area contributed by atoms with E-state index in [9.17, 15) is 13.5 Å². The van der Waals surface area contributed by atoms with E-state index in [-0.39, 0.29) is 54.9 Å². The lowest BCUT2D eigenvalue weighted by molar-refractivity contribution is -0.144. The third-order valence-electron chi connectivity index (χ3n) is 10.2. The van der Waals surface area contributed by atoms with Crippen molar-refractivity contribution in [2.24, 2.45) is 11.8 Å². The van der Waals surface area contributed by atoms with Crippen molar-refractivity contribution in [3.05, 3.63) is 54.6 Å². The molecule has 1 aromatic carbocycles. The highest BCUT2D eigenvalue weighted by Crippen LogP contribution is 2.42. The number of ether oxygens (including phenoxy) is 6. The molecular weight excluding hydrogens is 608 g/mol. The van der Waals surface area contributed by atoms with E-state index in [1.807, 2.05) is 19.9 Å². The van der Waals surface area contributed by atoms with Gasteiger partial charge in [0.25, 0.3) is 0 Å². The summed E-state index contributed by atoms with van der Waals surface area (Å²) in [6.07, 6.45) is 4.48. The molecule has 46 heavy (non-hydrogen) atoms. The molecule has 0 bridgehead atoms. The van der Waals surface area contributed by atoms with Gasteiger partial charge < -0.3 is 33.5 Å². The minimum atomic E-state index is -3.61. The van der Waals surface area contributed by atoms with Gasteiger partial charge in [-0.05, 0) is 81.6 Å². The van der Waals surface area contributed by atoms with Crippen molar-refractivity contribution < 1.29 is 41.9 Å². The van der Waals surface area contributed by atoms with Gasteiger partial charge >= 0.3 is 0 Å². The Balaban J connectivity index is 1.29. The van der Waals surface area contributed by atoms with Crippen molar-refractivity contribution in [2.75, 3.05) is 26.1 Å². The molecule has 0 radical (unpaired) electrons. The van der Waals surface area contributed by atoms with Crippen LogP contribution in [-0.2, 0) is 38.3 Å². The van der Waals surface area contributed by atoms with Gasteiger partial charge in [-0.1, -0.05) is 38.3 Å². The van der Waals surface area contributed by atoms with Crippen molar-refractivity contribution >= 4 is 9.84 Å². The Morgan fingerprint density at radius 1 is 0.957 bits per heavy atom. The molecule has 5 rings (SSSR count). The second kappa shape index (κ2) is 15.3. The SMILES string of the molecule is C=C1C[C@H](CCCO)O[C@H]1CC[C@H]1C[C@@H](C)C(=C)[C@@H](C[C@@H]2O[C@H](C[C@H]3COC(C)(C)O3)[C@H](OC)[C@H]2CS(=O)(=O)c2ccccc2)O1. The Labute approximate surface area is 275 Å². The highest BCUT2D eigenvalue weighted by Gasteiger charge is 2.50. The van der Waals surface area contributed by atoms with Gasteiger partial charge in [0.15, 0.2) is 15.6 Å². The lowest BCUT2D eigenvalue weighted by Crippen LogP contribution is -2.40. The largest absolute Gasteiger partial charge is 0.396 e. The number of aliphatic hydroxyl groups is 1. The fourth-order valence-corrected chi connectivity index (χ4v) is 9.37. The Morgan fingerprint density at radius 3 is 2.37 bits per heavy atom. The summed E-state index contributed by atoms with van der Waals surface area (Å²) in [6.45, 7) is 15.3. The molecule has 9 nitrogen and oxygen atoms in total.